The fraction of sp³-hybridized carbons (Fsp3) is 0.381. The second-order valence-electron chi connectivity index (χ2n) is 7.08. The lowest BCUT2D eigenvalue weighted by Crippen LogP contribution is -2.27. The maximum absolute atomic E-state index is 12.1. The lowest BCUT2D eigenvalue weighted by molar-refractivity contribution is 0.0635. The van der Waals surface area contributed by atoms with Gasteiger partial charge in [-0.15, -0.1) is 11.8 Å². The summed E-state index contributed by atoms with van der Waals surface area (Å²) in [6.07, 6.45) is -0.498. The van der Waals surface area contributed by atoms with Gasteiger partial charge in [-0.1, -0.05) is 12.1 Å². The fourth-order valence-corrected chi connectivity index (χ4v) is 3.40. The molecule has 0 saturated heterocycles. The number of thioether (sulfide) groups is 1. The van der Waals surface area contributed by atoms with Crippen LogP contribution >= 0.6 is 11.8 Å². The highest BCUT2D eigenvalue weighted by molar-refractivity contribution is 7.98. The van der Waals surface area contributed by atoms with Crippen LogP contribution in [0.15, 0.2) is 41.3 Å². The molecule has 0 radical (unpaired) electrons. The minimum absolute atomic E-state index is 0.498. The topological polar surface area (TPSA) is 56.8 Å². The Morgan fingerprint density at radius 3 is 2.30 bits per heavy atom. The minimum Gasteiger partial charge on any atom is -0.497 e. The van der Waals surface area contributed by atoms with Crippen molar-refractivity contribution in [2.45, 2.75) is 43.9 Å². The van der Waals surface area contributed by atoms with Crippen molar-refractivity contribution < 1.29 is 19.0 Å². The number of carbonyl (C=O) groups is 1. The first-order valence-electron chi connectivity index (χ1n) is 8.66. The van der Waals surface area contributed by atoms with Crippen molar-refractivity contribution in [3.63, 3.8) is 0 Å². The number of hydrogen-bond acceptors (Lipinski definition) is 5. The van der Waals surface area contributed by atoms with E-state index in [1.54, 1.807) is 26.0 Å². The molecule has 0 spiro atoms. The van der Waals surface area contributed by atoms with Gasteiger partial charge in [0.1, 0.15) is 17.1 Å². The molecule has 0 heterocycles. The Morgan fingerprint density at radius 2 is 1.74 bits per heavy atom. The first-order valence-corrected chi connectivity index (χ1v) is 9.65. The predicted molar refractivity (Wildman–Crippen MR) is 110 cm³/mol. The maximum Gasteiger partial charge on any atom is 0.412 e. The Balaban J connectivity index is 2.10. The van der Waals surface area contributed by atoms with Crippen molar-refractivity contribution in [3.05, 3.63) is 47.5 Å². The SMILES string of the molecule is COc1ccc(CSc2cc(C)c(NC(=O)OC(C)(C)C)c(OC)c2)cc1. The second-order valence-corrected chi connectivity index (χ2v) is 8.13. The lowest BCUT2D eigenvalue weighted by atomic mass is 10.2. The molecule has 0 aliphatic carbocycles. The van der Waals surface area contributed by atoms with Gasteiger partial charge in [0.25, 0.3) is 0 Å². The Morgan fingerprint density at radius 1 is 1.07 bits per heavy atom. The van der Waals surface area contributed by atoms with Crippen LogP contribution in [0.1, 0.15) is 31.9 Å². The van der Waals surface area contributed by atoms with Gasteiger partial charge in [0.15, 0.2) is 0 Å². The number of ether oxygens (including phenoxy) is 3. The van der Waals surface area contributed by atoms with E-state index in [1.807, 2.05) is 64.1 Å². The number of anilines is 1. The number of methoxy groups -OCH3 is 2. The number of aryl methyl sites for hydroxylation is 1. The van der Waals surface area contributed by atoms with E-state index >= 15 is 0 Å². The number of hydrogen-bond donors (Lipinski definition) is 1. The summed E-state index contributed by atoms with van der Waals surface area (Å²) >= 11 is 1.70. The molecular formula is C21H27NO4S. The molecule has 0 unspecified atom stereocenters. The van der Waals surface area contributed by atoms with E-state index in [0.29, 0.717) is 11.4 Å². The third-order valence-electron chi connectivity index (χ3n) is 3.68. The molecule has 1 amide bonds. The molecule has 146 valence electrons. The number of amides is 1. The molecule has 0 saturated carbocycles. The molecule has 0 fully saturated rings. The molecular weight excluding hydrogens is 362 g/mol. The second kappa shape index (κ2) is 9.04. The van der Waals surface area contributed by atoms with Crippen LogP contribution < -0.4 is 14.8 Å². The first-order chi connectivity index (χ1) is 12.7. The quantitative estimate of drug-likeness (QED) is 0.647. The number of benzene rings is 2. The van der Waals surface area contributed by atoms with Gasteiger partial charge >= 0.3 is 6.09 Å². The third-order valence-corrected chi connectivity index (χ3v) is 4.73. The zero-order valence-electron chi connectivity index (χ0n) is 16.7. The van der Waals surface area contributed by atoms with Gasteiger partial charge in [0.05, 0.1) is 19.9 Å². The molecule has 6 heteroatoms. The molecule has 5 nitrogen and oxygen atoms in total. The van der Waals surface area contributed by atoms with Crippen molar-refractivity contribution in [2.24, 2.45) is 0 Å². The Bertz CT molecular complexity index is 782. The van der Waals surface area contributed by atoms with Crippen LogP contribution in [0, 0.1) is 6.92 Å². The van der Waals surface area contributed by atoms with E-state index in [9.17, 15) is 4.79 Å². The standard InChI is InChI=1S/C21H27NO4S/c1-14-11-17(27-13-15-7-9-16(24-5)10-8-15)12-18(25-6)19(14)22-20(23)26-21(2,3)4/h7-12H,13H2,1-6H3,(H,22,23). The molecule has 0 bridgehead atoms. The Labute approximate surface area is 165 Å². The van der Waals surface area contributed by atoms with Crippen molar-refractivity contribution in [1.29, 1.82) is 0 Å². The normalized spacial score (nSPS) is 11.0. The van der Waals surface area contributed by atoms with E-state index in [4.69, 9.17) is 14.2 Å². The molecule has 0 aromatic heterocycles. The molecule has 2 rings (SSSR count). The fourth-order valence-electron chi connectivity index (χ4n) is 2.42. The van der Waals surface area contributed by atoms with Crippen molar-refractivity contribution >= 4 is 23.5 Å². The Hall–Kier alpha value is -2.34. The van der Waals surface area contributed by atoms with Crippen LogP contribution in [-0.4, -0.2) is 25.9 Å². The highest BCUT2D eigenvalue weighted by atomic mass is 32.2. The Kier molecular flexibility index (Phi) is 7.02. The summed E-state index contributed by atoms with van der Waals surface area (Å²) in [4.78, 5) is 13.2. The largest absolute Gasteiger partial charge is 0.497 e. The molecule has 0 aliphatic rings. The van der Waals surface area contributed by atoms with Crippen LogP contribution in [0.2, 0.25) is 0 Å². The summed E-state index contributed by atoms with van der Waals surface area (Å²) < 4.78 is 16.0. The van der Waals surface area contributed by atoms with Crippen LogP contribution in [0.25, 0.3) is 0 Å². The zero-order chi connectivity index (χ0) is 20.0. The average molecular weight is 390 g/mol. The van der Waals surface area contributed by atoms with E-state index in [1.165, 1.54) is 5.56 Å². The van der Waals surface area contributed by atoms with E-state index < -0.39 is 11.7 Å². The van der Waals surface area contributed by atoms with Crippen molar-refractivity contribution in [3.8, 4) is 11.5 Å². The lowest BCUT2D eigenvalue weighted by Gasteiger charge is -2.21. The zero-order valence-corrected chi connectivity index (χ0v) is 17.5. The monoisotopic (exact) mass is 389 g/mol. The molecule has 2 aromatic rings. The van der Waals surface area contributed by atoms with E-state index in [2.05, 4.69) is 5.32 Å². The van der Waals surface area contributed by atoms with Crippen LogP contribution in [0.3, 0.4) is 0 Å². The summed E-state index contributed by atoms with van der Waals surface area (Å²) in [6, 6.07) is 12.0. The van der Waals surface area contributed by atoms with Crippen molar-refractivity contribution in [2.75, 3.05) is 19.5 Å². The smallest absolute Gasteiger partial charge is 0.412 e. The highest BCUT2D eigenvalue weighted by Gasteiger charge is 2.19. The molecule has 27 heavy (non-hydrogen) atoms. The summed E-state index contributed by atoms with van der Waals surface area (Å²) in [5.41, 5.74) is 2.19. The van der Waals surface area contributed by atoms with Gasteiger partial charge in [-0.3, -0.25) is 5.32 Å². The van der Waals surface area contributed by atoms with Gasteiger partial charge in [-0.2, -0.15) is 0 Å². The van der Waals surface area contributed by atoms with Gasteiger partial charge in [0, 0.05) is 10.6 Å². The minimum atomic E-state index is -0.556. The van der Waals surface area contributed by atoms with E-state index in [-0.39, 0.29) is 0 Å². The summed E-state index contributed by atoms with van der Waals surface area (Å²) in [6.45, 7) is 7.42. The number of rotatable bonds is 6. The highest BCUT2D eigenvalue weighted by Crippen LogP contribution is 2.35. The molecule has 0 atom stereocenters. The summed E-state index contributed by atoms with van der Waals surface area (Å²) in [5, 5.41) is 2.79. The number of nitrogens with one attached hydrogen (secondary N) is 1. The van der Waals surface area contributed by atoms with E-state index in [0.717, 1.165) is 22.0 Å². The predicted octanol–water partition coefficient (Wildman–Crippen LogP) is 5.65. The molecule has 2 aromatic carbocycles. The number of carbonyl (C=O) groups excluding carboxylic acids is 1. The molecule has 0 aliphatic heterocycles. The van der Waals surface area contributed by atoms with Crippen LogP contribution in [0.5, 0.6) is 11.5 Å². The van der Waals surface area contributed by atoms with Gasteiger partial charge in [-0.25, -0.2) is 4.79 Å². The first kappa shape index (κ1) is 21.0. The average Bonchev–Trinajstić information content (AvgIpc) is 2.60. The summed E-state index contributed by atoms with van der Waals surface area (Å²) in [7, 11) is 3.25. The van der Waals surface area contributed by atoms with Gasteiger partial charge in [0.2, 0.25) is 0 Å². The van der Waals surface area contributed by atoms with Crippen LogP contribution in [0.4, 0.5) is 10.5 Å². The van der Waals surface area contributed by atoms with Gasteiger partial charge in [-0.05, 0) is 63.1 Å². The third kappa shape index (κ3) is 6.40. The molecule has 1 N–H and O–H groups in total. The van der Waals surface area contributed by atoms with Gasteiger partial charge < -0.3 is 14.2 Å². The van der Waals surface area contributed by atoms with Crippen molar-refractivity contribution in [1.82, 2.24) is 0 Å². The summed E-state index contributed by atoms with van der Waals surface area (Å²) in [5.74, 6) is 2.28. The van der Waals surface area contributed by atoms with Crippen LogP contribution in [-0.2, 0) is 10.5 Å². The maximum atomic E-state index is 12.1.